The number of likely N-dealkylation sites (tertiary alicyclic amines) is 1. The fraction of sp³-hybridized carbons (Fsp3) is 0.556. The maximum atomic E-state index is 5.84. The number of rotatable bonds is 2. The van der Waals surface area contributed by atoms with Gasteiger partial charge in [0.25, 0.3) is 0 Å². The van der Waals surface area contributed by atoms with E-state index in [4.69, 9.17) is 5.73 Å². The summed E-state index contributed by atoms with van der Waals surface area (Å²) in [6.45, 7) is 3.26. The van der Waals surface area contributed by atoms with Gasteiger partial charge in [-0.1, -0.05) is 0 Å². The quantitative estimate of drug-likeness (QED) is 0.901. The van der Waals surface area contributed by atoms with Crippen LogP contribution in [0.5, 0.6) is 0 Å². The van der Waals surface area contributed by atoms with Crippen LogP contribution in [0.3, 0.4) is 0 Å². The zero-order valence-electron chi connectivity index (χ0n) is 8.19. The molecular formula is C9H15BrCl2N2S. The van der Waals surface area contributed by atoms with Gasteiger partial charge in [0.05, 0.1) is 0 Å². The van der Waals surface area contributed by atoms with Gasteiger partial charge in [-0.2, -0.15) is 0 Å². The SMILES string of the molecule is Cl.Cl.NC1CCN(Cc2cc(Br)cs2)C1. The van der Waals surface area contributed by atoms with Crippen molar-refractivity contribution in [3.8, 4) is 0 Å². The summed E-state index contributed by atoms with van der Waals surface area (Å²) in [7, 11) is 0. The summed E-state index contributed by atoms with van der Waals surface area (Å²) in [5.41, 5.74) is 5.84. The van der Waals surface area contributed by atoms with E-state index in [1.807, 2.05) is 11.3 Å². The minimum Gasteiger partial charge on any atom is -0.326 e. The van der Waals surface area contributed by atoms with Gasteiger partial charge in [0, 0.05) is 40.4 Å². The molecule has 0 saturated carbocycles. The zero-order valence-corrected chi connectivity index (χ0v) is 12.2. The molecule has 2 heterocycles. The smallest absolute Gasteiger partial charge is 0.0328 e. The molecule has 0 bridgehead atoms. The Balaban J connectivity index is 0.000000980. The predicted molar refractivity (Wildman–Crippen MR) is 74.4 cm³/mol. The summed E-state index contributed by atoms with van der Waals surface area (Å²) in [4.78, 5) is 3.84. The predicted octanol–water partition coefficient (Wildman–Crippen LogP) is 2.89. The number of halogens is 3. The van der Waals surface area contributed by atoms with Crippen molar-refractivity contribution in [3.05, 3.63) is 20.8 Å². The normalized spacial score (nSPS) is 20.8. The Morgan fingerprint density at radius 3 is 2.73 bits per heavy atom. The Hall–Kier alpha value is 0.680. The first-order valence-electron chi connectivity index (χ1n) is 4.45. The lowest BCUT2D eigenvalue weighted by atomic mass is 10.3. The molecule has 15 heavy (non-hydrogen) atoms. The first kappa shape index (κ1) is 15.7. The van der Waals surface area contributed by atoms with E-state index in [1.54, 1.807) is 0 Å². The molecule has 0 amide bonds. The molecule has 88 valence electrons. The molecule has 2 nitrogen and oxygen atoms in total. The molecule has 1 saturated heterocycles. The van der Waals surface area contributed by atoms with Gasteiger partial charge in [0.15, 0.2) is 0 Å². The van der Waals surface area contributed by atoms with E-state index in [9.17, 15) is 0 Å². The summed E-state index contributed by atoms with van der Waals surface area (Å²) in [5.74, 6) is 0. The van der Waals surface area contributed by atoms with E-state index in [1.165, 1.54) is 9.35 Å². The number of hydrogen-bond acceptors (Lipinski definition) is 3. The van der Waals surface area contributed by atoms with E-state index in [0.717, 1.165) is 26.1 Å². The highest BCUT2D eigenvalue weighted by molar-refractivity contribution is 9.10. The molecular weight excluding hydrogens is 319 g/mol. The summed E-state index contributed by atoms with van der Waals surface area (Å²) in [6.07, 6.45) is 1.15. The molecule has 1 aliphatic rings. The summed E-state index contributed by atoms with van der Waals surface area (Å²) in [5, 5.41) is 2.13. The van der Waals surface area contributed by atoms with E-state index in [0.29, 0.717) is 6.04 Å². The lowest BCUT2D eigenvalue weighted by Gasteiger charge is -2.12. The van der Waals surface area contributed by atoms with Crippen LogP contribution in [0.25, 0.3) is 0 Å². The minimum atomic E-state index is 0. The van der Waals surface area contributed by atoms with Gasteiger partial charge in [0.2, 0.25) is 0 Å². The molecule has 2 rings (SSSR count). The van der Waals surface area contributed by atoms with Crippen LogP contribution in [-0.4, -0.2) is 24.0 Å². The molecule has 1 aliphatic heterocycles. The highest BCUT2D eigenvalue weighted by Crippen LogP contribution is 2.22. The summed E-state index contributed by atoms with van der Waals surface area (Å²) in [6, 6.07) is 2.58. The molecule has 0 aliphatic carbocycles. The average Bonchev–Trinajstić information content (AvgIpc) is 2.62. The lowest BCUT2D eigenvalue weighted by Crippen LogP contribution is -2.25. The van der Waals surface area contributed by atoms with Crippen molar-refractivity contribution < 1.29 is 0 Å². The van der Waals surface area contributed by atoms with E-state index in [-0.39, 0.29) is 24.8 Å². The lowest BCUT2D eigenvalue weighted by molar-refractivity contribution is 0.330. The third kappa shape index (κ3) is 4.59. The van der Waals surface area contributed by atoms with Crippen LogP contribution in [0.2, 0.25) is 0 Å². The van der Waals surface area contributed by atoms with Crippen molar-refractivity contribution in [3.63, 3.8) is 0 Å². The Labute approximate surface area is 115 Å². The summed E-state index contributed by atoms with van der Waals surface area (Å²) < 4.78 is 1.19. The van der Waals surface area contributed by atoms with Crippen LogP contribution >= 0.6 is 52.1 Å². The molecule has 1 fully saturated rings. The Morgan fingerprint density at radius 2 is 2.27 bits per heavy atom. The second-order valence-electron chi connectivity index (χ2n) is 3.52. The second kappa shape index (κ2) is 7.09. The van der Waals surface area contributed by atoms with Gasteiger partial charge in [0.1, 0.15) is 0 Å². The Bertz CT molecular complexity index is 295. The third-order valence-electron chi connectivity index (χ3n) is 2.31. The fourth-order valence-corrected chi connectivity index (χ4v) is 3.16. The van der Waals surface area contributed by atoms with Crippen LogP contribution in [0, 0.1) is 0 Å². The Morgan fingerprint density at radius 1 is 1.53 bits per heavy atom. The van der Waals surface area contributed by atoms with E-state index >= 15 is 0 Å². The van der Waals surface area contributed by atoms with Crippen LogP contribution < -0.4 is 5.73 Å². The first-order chi connectivity index (χ1) is 6.24. The van der Waals surface area contributed by atoms with Crippen LogP contribution in [-0.2, 0) is 6.54 Å². The molecule has 0 spiro atoms. The van der Waals surface area contributed by atoms with Crippen molar-refractivity contribution in [1.82, 2.24) is 4.90 Å². The topological polar surface area (TPSA) is 29.3 Å². The van der Waals surface area contributed by atoms with Crippen LogP contribution in [0.4, 0.5) is 0 Å². The molecule has 0 radical (unpaired) electrons. The van der Waals surface area contributed by atoms with Gasteiger partial charge in [-0.05, 0) is 28.4 Å². The van der Waals surface area contributed by atoms with Crippen LogP contribution in [0.15, 0.2) is 15.9 Å². The first-order valence-corrected chi connectivity index (χ1v) is 6.12. The number of nitrogens with zero attached hydrogens (tertiary/aromatic N) is 1. The minimum absolute atomic E-state index is 0. The highest BCUT2D eigenvalue weighted by atomic mass is 79.9. The highest BCUT2D eigenvalue weighted by Gasteiger charge is 2.19. The molecule has 1 atom stereocenters. The van der Waals surface area contributed by atoms with Gasteiger partial charge in [-0.3, -0.25) is 4.90 Å². The second-order valence-corrected chi connectivity index (χ2v) is 5.43. The van der Waals surface area contributed by atoms with Crippen molar-refractivity contribution in [1.29, 1.82) is 0 Å². The zero-order chi connectivity index (χ0) is 9.26. The van der Waals surface area contributed by atoms with Crippen molar-refractivity contribution in [2.45, 2.75) is 19.0 Å². The van der Waals surface area contributed by atoms with Crippen molar-refractivity contribution in [2.75, 3.05) is 13.1 Å². The Kier molecular flexibility index (Phi) is 7.41. The van der Waals surface area contributed by atoms with E-state index < -0.39 is 0 Å². The standard InChI is InChI=1S/C9H13BrN2S.2ClH/c10-7-3-9(13-6-7)5-12-2-1-8(11)4-12;;/h3,6,8H,1-2,4-5,11H2;2*1H. The van der Waals surface area contributed by atoms with Gasteiger partial charge >= 0.3 is 0 Å². The monoisotopic (exact) mass is 332 g/mol. The third-order valence-corrected chi connectivity index (χ3v) is 3.99. The number of thiophene rings is 1. The van der Waals surface area contributed by atoms with Crippen molar-refractivity contribution in [2.24, 2.45) is 5.73 Å². The average molecular weight is 334 g/mol. The molecule has 2 N–H and O–H groups in total. The molecule has 1 unspecified atom stereocenters. The largest absolute Gasteiger partial charge is 0.326 e. The van der Waals surface area contributed by atoms with Gasteiger partial charge in [-0.25, -0.2) is 0 Å². The van der Waals surface area contributed by atoms with Crippen molar-refractivity contribution >= 4 is 52.1 Å². The maximum absolute atomic E-state index is 5.84. The molecule has 6 heteroatoms. The summed E-state index contributed by atoms with van der Waals surface area (Å²) >= 11 is 5.27. The number of nitrogens with two attached hydrogens (primary N) is 1. The molecule has 0 aromatic carbocycles. The molecule has 1 aromatic rings. The van der Waals surface area contributed by atoms with Gasteiger partial charge < -0.3 is 5.73 Å². The van der Waals surface area contributed by atoms with E-state index in [2.05, 4.69) is 32.3 Å². The molecule has 1 aromatic heterocycles. The fourth-order valence-electron chi connectivity index (χ4n) is 1.66. The number of hydrogen-bond donors (Lipinski definition) is 1. The van der Waals surface area contributed by atoms with Crippen LogP contribution in [0.1, 0.15) is 11.3 Å². The maximum Gasteiger partial charge on any atom is 0.0328 e. The van der Waals surface area contributed by atoms with Gasteiger partial charge in [-0.15, -0.1) is 36.2 Å².